The summed E-state index contributed by atoms with van der Waals surface area (Å²) in [6.07, 6.45) is 0. The van der Waals surface area contributed by atoms with Gasteiger partial charge in [-0.3, -0.25) is 10.2 Å². The fraction of sp³-hybridized carbons (Fsp3) is 0.286. The van der Waals surface area contributed by atoms with E-state index in [-0.39, 0.29) is 12.3 Å². The molecule has 3 N–H and O–H groups in total. The number of hydrogen-bond donors (Lipinski definition) is 2. The molecule has 6 nitrogen and oxygen atoms in total. The smallest absolute Gasteiger partial charge is 0.287 e. The fourth-order valence-corrected chi connectivity index (χ4v) is 1.85. The van der Waals surface area contributed by atoms with Gasteiger partial charge in [0.05, 0.1) is 0 Å². The van der Waals surface area contributed by atoms with Crippen LogP contribution in [0.4, 0.5) is 0 Å². The van der Waals surface area contributed by atoms with E-state index < -0.39 is 5.91 Å². The van der Waals surface area contributed by atoms with Gasteiger partial charge in [0.2, 0.25) is 0 Å². The molecule has 2 rings (SSSR count). The van der Waals surface area contributed by atoms with E-state index in [4.69, 9.17) is 15.1 Å². The number of nitrogens with one attached hydrogen (secondary N) is 1. The number of benzene rings is 1. The second-order valence-corrected chi connectivity index (χ2v) is 4.59. The molecule has 0 unspecified atom stereocenters. The van der Waals surface area contributed by atoms with Crippen LogP contribution in [0.5, 0.6) is 5.75 Å². The van der Waals surface area contributed by atoms with E-state index in [1.807, 2.05) is 32.3 Å². The third-order valence-electron chi connectivity index (χ3n) is 3.16. The zero-order valence-electron chi connectivity index (χ0n) is 11.7. The van der Waals surface area contributed by atoms with Crippen molar-refractivity contribution in [3.63, 3.8) is 0 Å². The second-order valence-electron chi connectivity index (χ2n) is 4.59. The number of hydrazine groups is 1. The SMILES string of the molecule is Cc1ccc(C)c(OCc2cc(C(=O)NN)no2)c1C. The van der Waals surface area contributed by atoms with Crippen molar-refractivity contribution in [3.05, 3.63) is 46.3 Å². The molecule has 0 radical (unpaired) electrons. The van der Waals surface area contributed by atoms with Crippen LogP contribution in [0.25, 0.3) is 0 Å². The highest BCUT2D eigenvalue weighted by Crippen LogP contribution is 2.26. The lowest BCUT2D eigenvalue weighted by molar-refractivity contribution is 0.0944. The molecule has 0 aliphatic heterocycles. The molecule has 0 atom stereocenters. The Labute approximate surface area is 116 Å². The predicted octanol–water partition coefficient (Wildman–Crippen LogP) is 1.78. The number of aryl methyl sites for hydroxylation is 2. The fourth-order valence-electron chi connectivity index (χ4n) is 1.85. The topological polar surface area (TPSA) is 90.4 Å². The Kier molecular flexibility index (Phi) is 4.05. The summed E-state index contributed by atoms with van der Waals surface area (Å²) < 4.78 is 10.8. The first-order valence-corrected chi connectivity index (χ1v) is 6.19. The quantitative estimate of drug-likeness (QED) is 0.504. The lowest BCUT2D eigenvalue weighted by atomic mass is 10.1. The van der Waals surface area contributed by atoms with Crippen molar-refractivity contribution < 1.29 is 14.1 Å². The minimum absolute atomic E-state index is 0.129. The zero-order chi connectivity index (χ0) is 14.7. The van der Waals surface area contributed by atoms with Crippen LogP contribution in [0, 0.1) is 20.8 Å². The van der Waals surface area contributed by atoms with Gasteiger partial charge < -0.3 is 9.26 Å². The molecule has 1 aromatic heterocycles. The number of nitrogens with two attached hydrogens (primary N) is 1. The first-order chi connectivity index (χ1) is 9.52. The summed E-state index contributed by atoms with van der Waals surface area (Å²) in [5, 5.41) is 3.61. The minimum Gasteiger partial charge on any atom is -0.485 e. The number of rotatable bonds is 4. The lowest BCUT2D eigenvalue weighted by Gasteiger charge is -2.12. The van der Waals surface area contributed by atoms with Crippen molar-refractivity contribution in [2.45, 2.75) is 27.4 Å². The molecule has 6 heteroatoms. The maximum Gasteiger partial charge on any atom is 0.287 e. The molecule has 0 saturated carbocycles. The van der Waals surface area contributed by atoms with Gasteiger partial charge in [-0.05, 0) is 37.5 Å². The number of carbonyl (C=O) groups is 1. The number of ether oxygens (including phenoxy) is 1. The summed E-state index contributed by atoms with van der Waals surface area (Å²) >= 11 is 0. The molecule has 0 spiro atoms. The summed E-state index contributed by atoms with van der Waals surface area (Å²) in [5.74, 6) is 5.81. The van der Waals surface area contributed by atoms with Crippen LogP contribution >= 0.6 is 0 Å². The average Bonchev–Trinajstić information content (AvgIpc) is 2.91. The first kappa shape index (κ1) is 14.1. The predicted molar refractivity (Wildman–Crippen MR) is 73.1 cm³/mol. The maximum absolute atomic E-state index is 11.3. The molecule has 1 amide bonds. The number of nitrogen functional groups attached to an aromatic ring is 1. The van der Waals surface area contributed by atoms with Crippen LogP contribution in [0.2, 0.25) is 0 Å². The van der Waals surface area contributed by atoms with Crippen LogP contribution in [-0.2, 0) is 6.61 Å². The van der Waals surface area contributed by atoms with Gasteiger partial charge in [0.15, 0.2) is 11.5 Å². The van der Waals surface area contributed by atoms with Gasteiger partial charge >= 0.3 is 0 Å². The van der Waals surface area contributed by atoms with Gasteiger partial charge in [-0.15, -0.1) is 0 Å². The van der Waals surface area contributed by atoms with Gasteiger partial charge in [0, 0.05) is 6.07 Å². The lowest BCUT2D eigenvalue weighted by Crippen LogP contribution is -2.30. The molecule has 0 fully saturated rings. The molecule has 0 bridgehead atoms. The number of hydrogen-bond acceptors (Lipinski definition) is 5. The molecule has 0 aliphatic rings. The normalized spacial score (nSPS) is 10.4. The highest BCUT2D eigenvalue weighted by molar-refractivity contribution is 5.91. The summed E-state index contributed by atoms with van der Waals surface area (Å²) in [7, 11) is 0. The zero-order valence-corrected chi connectivity index (χ0v) is 11.7. The van der Waals surface area contributed by atoms with Gasteiger partial charge in [-0.1, -0.05) is 17.3 Å². The monoisotopic (exact) mass is 275 g/mol. The number of carbonyl (C=O) groups excluding carboxylic acids is 1. The highest BCUT2D eigenvalue weighted by atomic mass is 16.5. The number of amides is 1. The van der Waals surface area contributed by atoms with E-state index in [1.54, 1.807) is 0 Å². The molecule has 1 aromatic carbocycles. The Balaban J connectivity index is 2.11. The summed E-state index contributed by atoms with van der Waals surface area (Å²) in [5.41, 5.74) is 5.42. The Bertz CT molecular complexity index is 635. The van der Waals surface area contributed by atoms with Crippen LogP contribution < -0.4 is 16.0 Å². The molecule has 106 valence electrons. The third-order valence-corrected chi connectivity index (χ3v) is 3.16. The van der Waals surface area contributed by atoms with Crippen molar-refractivity contribution in [2.75, 3.05) is 0 Å². The van der Waals surface area contributed by atoms with Crippen molar-refractivity contribution in [1.29, 1.82) is 0 Å². The summed E-state index contributed by atoms with van der Waals surface area (Å²) in [6.45, 7) is 6.22. The number of aromatic nitrogens is 1. The van der Waals surface area contributed by atoms with E-state index in [1.165, 1.54) is 6.07 Å². The molecule has 2 aromatic rings. The minimum atomic E-state index is -0.497. The van der Waals surface area contributed by atoms with Gasteiger partial charge in [0.25, 0.3) is 5.91 Å². The van der Waals surface area contributed by atoms with E-state index >= 15 is 0 Å². The third kappa shape index (κ3) is 2.80. The first-order valence-electron chi connectivity index (χ1n) is 6.19. The second kappa shape index (κ2) is 5.75. The standard InChI is InChI=1S/C14H17N3O3/c1-8-4-5-9(2)13(10(8)3)19-7-11-6-12(17-20-11)14(18)16-15/h4-6H,7,15H2,1-3H3,(H,16,18). The largest absolute Gasteiger partial charge is 0.485 e. The van der Waals surface area contributed by atoms with Crippen molar-refractivity contribution in [2.24, 2.45) is 5.84 Å². The Morgan fingerprint density at radius 3 is 2.75 bits per heavy atom. The van der Waals surface area contributed by atoms with E-state index in [9.17, 15) is 4.79 Å². The van der Waals surface area contributed by atoms with Crippen LogP contribution in [0.3, 0.4) is 0 Å². The average molecular weight is 275 g/mol. The van der Waals surface area contributed by atoms with Crippen LogP contribution in [0.15, 0.2) is 22.7 Å². The Morgan fingerprint density at radius 1 is 1.35 bits per heavy atom. The van der Waals surface area contributed by atoms with E-state index in [2.05, 4.69) is 11.2 Å². The van der Waals surface area contributed by atoms with Crippen molar-refractivity contribution in [3.8, 4) is 5.75 Å². The molecular weight excluding hydrogens is 258 g/mol. The van der Waals surface area contributed by atoms with Gasteiger partial charge in [-0.25, -0.2) is 5.84 Å². The highest BCUT2D eigenvalue weighted by Gasteiger charge is 2.13. The maximum atomic E-state index is 11.3. The van der Waals surface area contributed by atoms with Gasteiger partial charge in [0.1, 0.15) is 12.4 Å². The van der Waals surface area contributed by atoms with Gasteiger partial charge in [-0.2, -0.15) is 0 Å². The van der Waals surface area contributed by atoms with Crippen LogP contribution in [-0.4, -0.2) is 11.1 Å². The Morgan fingerprint density at radius 2 is 2.05 bits per heavy atom. The molecule has 20 heavy (non-hydrogen) atoms. The molecule has 0 aliphatic carbocycles. The van der Waals surface area contributed by atoms with E-state index in [0.29, 0.717) is 5.76 Å². The molecule has 1 heterocycles. The van der Waals surface area contributed by atoms with Crippen molar-refractivity contribution in [1.82, 2.24) is 10.6 Å². The summed E-state index contributed by atoms with van der Waals surface area (Å²) in [4.78, 5) is 11.3. The number of nitrogens with zero attached hydrogens (tertiary/aromatic N) is 1. The molecule has 0 saturated heterocycles. The van der Waals surface area contributed by atoms with Crippen LogP contribution in [0.1, 0.15) is 32.9 Å². The summed E-state index contributed by atoms with van der Waals surface area (Å²) in [6, 6.07) is 5.56. The molecular formula is C14H17N3O3. The van der Waals surface area contributed by atoms with Crippen molar-refractivity contribution >= 4 is 5.91 Å². The van der Waals surface area contributed by atoms with E-state index in [0.717, 1.165) is 22.4 Å². The Hall–Kier alpha value is -2.34.